The van der Waals surface area contributed by atoms with Gasteiger partial charge in [0.1, 0.15) is 0 Å². The summed E-state index contributed by atoms with van der Waals surface area (Å²) in [7, 11) is 0. The topological polar surface area (TPSA) is 100 Å². The van der Waals surface area contributed by atoms with Crippen molar-refractivity contribution in [3.63, 3.8) is 0 Å². The highest BCUT2D eigenvalue weighted by Crippen LogP contribution is 2.20. The summed E-state index contributed by atoms with van der Waals surface area (Å²) >= 11 is 1.40. The van der Waals surface area contributed by atoms with Crippen LogP contribution in [-0.2, 0) is 11.2 Å². The Morgan fingerprint density at radius 3 is 2.95 bits per heavy atom. The van der Waals surface area contributed by atoms with Crippen LogP contribution in [0.5, 0.6) is 0 Å². The molecule has 8 heteroatoms. The molecule has 0 radical (unpaired) electrons. The number of nitrogens with one attached hydrogen (secondary N) is 1. The molecule has 3 rings (SSSR count). The van der Waals surface area contributed by atoms with Crippen LogP contribution >= 0.6 is 11.3 Å². The van der Waals surface area contributed by atoms with E-state index in [1.807, 2.05) is 11.4 Å². The van der Waals surface area contributed by atoms with E-state index in [9.17, 15) is 9.59 Å². The molecule has 3 heterocycles. The number of aromatic amines is 1. The minimum absolute atomic E-state index is 0.203. The zero-order chi connectivity index (χ0) is 14.3. The molecule has 0 amide bonds. The van der Waals surface area contributed by atoms with Gasteiger partial charge in [0.15, 0.2) is 11.3 Å². The molecule has 102 valence electrons. The fraction of sp³-hybridized carbons (Fsp3) is 0.167. The van der Waals surface area contributed by atoms with Crippen molar-refractivity contribution in [1.29, 1.82) is 0 Å². The van der Waals surface area contributed by atoms with E-state index in [0.29, 0.717) is 11.3 Å². The minimum atomic E-state index is -0.980. The number of carbonyl (C=O) groups is 1. The van der Waals surface area contributed by atoms with Crippen LogP contribution in [0.4, 0.5) is 0 Å². The molecule has 20 heavy (non-hydrogen) atoms. The van der Waals surface area contributed by atoms with Gasteiger partial charge in [0, 0.05) is 11.3 Å². The largest absolute Gasteiger partial charge is 0.481 e. The van der Waals surface area contributed by atoms with Crippen LogP contribution in [0, 0.1) is 6.92 Å². The molecular formula is C12H10N4O3S. The highest BCUT2D eigenvalue weighted by Gasteiger charge is 2.17. The van der Waals surface area contributed by atoms with Crippen molar-refractivity contribution in [1.82, 2.24) is 19.8 Å². The maximum absolute atomic E-state index is 12.4. The van der Waals surface area contributed by atoms with Gasteiger partial charge in [-0.25, -0.2) is 0 Å². The number of hydrogen-bond donors (Lipinski definition) is 2. The third-order valence-corrected chi connectivity index (χ3v) is 3.82. The number of fused-ring (bicyclic) bond motifs is 1. The Balaban J connectivity index is 2.25. The average Bonchev–Trinajstić information content (AvgIpc) is 3.00. The highest BCUT2D eigenvalue weighted by molar-refractivity contribution is 7.13. The van der Waals surface area contributed by atoms with Crippen LogP contribution in [0.2, 0.25) is 0 Å². The van der Waals surface area contributed by atoms with Crippen LogP contribution in [0.3, 0.4) is 0 Å². The molecule has 0 aliphatic heterocycles. The predicted octanol–water partition coefficient (Wildman–Crippen LogP) is 1.08. The van der Waals surface area contributed by atoms with Gasteiger partial charge >= 0.3 is 5.97 Å². The first-order valence-electron chi connectivity index (χ1n) is 5.80. The number of aryl methyl sites for hydroxylation is 1. The second-order valence-electron chi connectivity index (χ2n) is 4.28. The monoisotopic (exact) mass is 290 g/mol. The molecule has 0 aliphatic carbocycles. The number of rotatable bonds is 3. The molecule has 0 bridgehead atoms. The molecule has 0 unspecified atom stereocenters. The lowest BCUT2D eigenvalue weighted by Crippen LogP contribution is -2.19. The van der Waals surface area contributed by atoms with E-state index < -0.39 is 5.97 Å². The fourth-order valence-electron chi connectivity index (χ4n) is 2.02. The zero-order valence-corrected chi connectivity index (χ0v) is 11.3. The third kappa shape index (κ3) is 1.90. The van der Waals surface area contributed by atoms with Crippen molar-refractivity contribution < 1.29 is 9.90 Å². The molecule has 0 saturated carbocycles. The molecule has 0 saturated heterocycles. The molecule has 2 N–H and O–H groups in total. The summed E-state index contributed by atoms with van der Waals surface area (Å²) in [5.41, 5.74) is 1.25. The molecular weight excluding hydrogens is 280 g/mol. The van der Waals surface area contributed by atoms with Crippen molar-refractivity contribution >= 4 is 23.0 Å². The second kappa shape index (κ2) is 4.57. The van der Waals surface area contributed by atoms with Crippen molar-refractivity contribution in [3.8, 4) is 10.6 Å². The number of aromatic nitrogens is 4. The van der Waals surface area contributed by atoms with E-state index in [1.54, 1.807) is 13.0 Å². The van der Waals surface area contributed by atoms with E-state index >= 15 is 0 Å². The average molecular weight is 290 g/mol. The lowest BCUT2D eigenvalue weighted by atomic mass is 10.2. The predicted molar refractivity (Wildman–Crippen MR) is 73.0 cm³/mol. The van der Waals surface area contributed by atoms with Gasteiger partial charge in [0.25, 0.3) is 5.56 Å². The molecule has 0 fully saturated rings. The molecule has 3 aromatic rings. The van der Waals surface area contributed by atoms with E-state index in [0.717, 1.165) is 4.88 Å². The summed E-state index contributed by atoms with van der Waals surface area (Å²) in [4.78, 5) is 23.9. The Morgan fingerprint density at radius 1 is 1.50 bits per heavy atom. The van der Waals surface area contributed by atoms with Crippen LogP contribution in [-0.4, -0.2) is 30.9 Å². The van der Waals surface area contributed by atoms with Crippen molar-refractivity contribution in [3.05, 3.63) is 39.1 Å². The van der Waals surface area contributed by atoms with Crippen LogP contribution < -0.4 is 5.56 Å². The molecule has 0 spiro atoms. The van der Waals surface area contributed by atoms with Crippen molar-refractivity contribution in [2.24, 2.45) is 0 Å². The number of aliphatic carboxylic acids is 1. The lowest BCUT2D eigenvalue weighted by Gasteiger charge is -1.97. The highest BCUT2D eigenvalue weighted by atomic mass is 32.1. The summed E-state index contributed by atoms with van der Waals surface area (Å²) < 4.78 is 1.25. The van der Waals surface area contributed by atoms with Gasteiger partial charge in [0.05, 0.1) is 11.3 Å². The first-order valence-corrected chi connectivity index (χ1v) is 6.68. The van der Waals surface area contributed by atoms with Gasteiger partial charge in [-0.05, 0) is 18.4 Å². The summed E-state index contributed by atoms with van der Waals surface area (Å²) in [5.74, 6) is -0.980. The summed E-state index contributed by atoms with van der Waals surface area (Å²) in [6.45, 7) is 1.71. The number of hydrogen-bond acceptors (Lipinski definition) is 5. The van der Waals surface area contributed by atoms with Gasteiger partial charge < -0.3 is 5.11 Å². The summed E-state index contributed by atoms with van der Waals surface area (Å²) in [5, 5.41) is 21.5. The third-order valence-electron chi connectivity index (χ3n) is 2.95. The first kappa shape index (κ1) is 12.5. The Bertz CT molecular complexity index is 848. The van der Waals surface area contributed by atoms with Gasteiger partial charge in [0.2, 0.25) is 0 Å². The number of carboxylic acid groups (broad SMARTS) is 1. The maximum atomic E-state index is 12.4. The van der Waals surface area contributed by atoms with E-state index in [1.165, 1.54) is 15.9 Å². The van der Waals surface area contributed by atoms with E-state index in [4.69, 9.17) is 5.11 Å². The molecule has 3 aromatic heterocycles. The van der Waals surface area contributed by atoms with Gasteiger partial charge in [-0.2, -0.15) is 4.52 Å². The molecule has 0 aromatic carbocycles. The van der Waals surface area contributed by atoms with E-state index in [2.05, 4.69) is 15.3 Å². The quantitative estimate of drug-likeness (QED) is 0.751. The normalized spacial score (nSPS) is 11.1. The molecule has 7 nitrogen and oxygen atoms in total. The smallest absolute Gasteiger partial charge is 0.308 e. The van der Waals surface area contributed by atoms with Gasteiger partial charge in [-0.15, -0.1) is 21.5 Å². The summed E-state index contributed by atoms with van der Waals surface area (Å²) in [6, 6.07) is 3.61. The minimum Gasteiger partial charge on any atom is -0.481 e. The van der Waals surface area contributed by atoms with Crippen LogP contribution in [0.15, 0.2) is 22.3 Å². The number of nitrogens with zero attached hydrogens (tertiary/aromatic N) is 3. The number of thiophene rings is 1. The van der Waals surface area contributed by atoms with Crippen LogP contribution in [0.25, 0.3) is 16.2 Å². The SMILES string of the molecule is Cc1[nH]n2c(=O)c(-c3cccs3)nnc2c1CC(=O)O. The van der Waals surface area contributed by atoms with Crippen LogP contribution in [0.1, 0.15) is 11.3 Å². The summed E-state index contributed by atoms with van der Waals surface area (Å²) in [6.07, 6.45) is -0.203. The fourth-order valence-corrected chi connectivity index (χ4v) is 2.72. The lowest BCUT2D eigenvalue weighted by molar-refractivity contribution is -0.136. The molecule has 0 atom stereocenters. The van der Waals surface area contributed by atoms with Crippen molar-refractivity contribution in [2.45, 2.75) is 13.3 Å². The van der Waals surface area contributed by atoms with Crippen molar-refractivity contribution in [2.75, 3.05) is 0 Å². The van der Waals surface area contributed by atoms with Gasteiger partial charge in [-0.3, -0.25) is 14.7 Å². The number of carboxylic acids is 1. The van der Waals surface area contributed by atoms with E-state index in [-0.39, 0.29) is 23.3 Å². The molecule has 0 aliphatic rings. The Hall–Kier alpha value is -2.48. The Labute approximate surface area is 116 Å². The van der Waals surface area contributed by atoms with Gasteiger partial charge in [-0.1, -0.05) is 6.07 Å². The number of H-pyrrole nitrogens is 1. The standard InChI is InChI=1S/C12H10N4O3S/c1-6-7(5-9(17)18)11-14-13-10(8-3-2-4-20-8)12(19)16(11)15-6/h2-4,15H,5H2,1H3,(H,17,18). The first-order chi connectivity index (χ1) is 9.58. The second-order valence-corrected chi connectivity index (χ2v) is 5.22. The zero-order valence-electron chi connectivity index (χ0n) is 10.5. The Kier molecular flexibility index (Phi) is 2.87. The Morgan fingerprint density at radius 2 is 2.30 bits per heavy atom. The maximum Gasteiger partial charge on any atom is 0.308 e.